The zero-order valence-electron chi connectivity index (χ0n) is 7.57. The predicted octanol–water partition coefficient (Wildman–Crippen LogP) is 2.05. The molecule has 1 heterocycles. The maximum atomic E-state index is 11.4. The molecule has 1 amide bonds. The minimum atomic E-state index is -1.10. The highest BCUT2D eigenvalue weighted by Gasteiger charge is 2.27. The van der Waals surface area contributed by atoms with Crippen LogP contribution in [0.5, 0.6) is 0 Å². The van der Waals surface area contributed by atoms with Crippen LogP contribution in [0.4, 0.5) is 5.69 Å². The van der Waals surface area contributed by atoms with Crippen molar-refractivity contribution in [1.29, 1.82) is 0 Å². The number of amides is 1. The Morgan fingerprint density at radius 3 is 2.53 bits per heavy atom. The van der Waals surface area contributed by atoms with Crippen LogP contribution in [-0.2, 0) is 15.6 Å². The zero-order valence-corrected chi connectivity index (χ0v) is 9.90. The van der Waals surface area contributed by atoms with Crippen molar-refractivity contribution < 1.29 is 9.00 Å². The monoisotopic (exact) mass is 263 g/mol. The minimum absolute atomic E-state index is 0.0836. The number of nitrogens with zero attached hydrogens (tertiary/aromatic N) is 1. The molecule has 1 aromatic carbocycles. The van der Waals surface area contributed by atoms with Gasteiger partial charge in [-0.05, 0) is 18.2 Å². The standard InChI is InChI=1S/C9H7Cl2NO2S/c10-7-2-1-6(3-8(7)11)12-5-15(14)4-9(12)13/h1-3H,4-5H2/t15-/m0/s1. The van der Waals surface area contributed by atoms with E-state index in [1.165, 1.54) is 4.90 Å². The van der Waals surface area contributed by atoms with E-state index in [2.05, 4.69) is 0 Å². The van der Waals surface area contributed by atoms with Gasteiger partial charge in [0.05, 0.1) is 20.8 Å². The molecule has 1 aromatic rings. The highest BCUT2D eigenvalue weighted by molar-refractivity contribution is 7.86. The Labute approximate surface area is 99.4 Å². The summed E-state index contributed by atoms with van der Waals surface area (Å²) in [6.45, 7) is 0. The van der Waals surface area contributed by atoms with E-state index in [0.29, 0.717) is 15.7 Å². The molecule has 1 saturated heterocycles. The number of anilines is 1. The second-order valence-electron chi connectivity index (χ2n) is 3.13. The van der Waals surface area contributed by atoms with Crippen molar-refractivity contribution in [2.45, 2.75) is 0 Å². The normalized spacial score (nSPS) is 21.1. The molecule has 1 atom stereocenters. The number of rotatable bonds is 1. The fourth-order valence-corrected chi connectivity index (χ4v) is 2.74. The van der Waals surface area contributed by atoms with Crippen LogP contribution in [0.2, 0.25) is 10.0 Å². The average molecular weight is 264 g/mol. The quantitative estimate of drug-likeness (QED) is 0.778. The molecule has 0 bridgehead atoms. The topological polar surface area (TPSA) is 37.4 Å². The third kappa shape index (κ3) is 2.17. The Balaban J connectivity index is 2.34. The predicted molar refractivity (Wildman–Crippen MR) is 61.8 cm³/mol. The van der Waals surface area contributed by atoms with Gasteiger partial charge in [-0.1, -0.05) is 23.2 Å². The Hall–Kier alpha value is -0.580. The van der Waals surface area contributed by atoms with E-state index in [1.54, 1.807) is 18.2 Å². The highest BCUT2D eigenvalue weighted by atomic mass is 35.5. The number of benzene rings is 1. The van der Waals surface area contributed by atoms with Gasteiger partial charge >= 0.3 is 0 Å². The Morgan fingerprint density at radius 1 is 1.27 bits per heavy atom. The highest BCUT2D eigenvalue weighted by Crippen LogP contribution is 2.28. The first-order chi connectivity index (χ1) is 7.08. The summed E-state index contributed by atoms with van der Waals surface area (Å²) in [6.07, 6.45) is 0. The van der Waals surface area contributed by atoms with Gasteiger partial charge in [-0.3, -0.25) is 13.9 Å². The van der Waals surface area contributed by atoms with Crippen LogP contribution in [0, 0.1) is 0 Å². The summed E-state index contributed by atoms with van der Waals surface area (Å²) < 4.78 is 11.2. The van der Waals surface area contributed by atoms with Gasteiger partial charge in [0.2, 0.25) is 5.91 Å². The first-order valence-corrected chi connectivity index (χ1v) is 6.43. The molecule has 0 saturated carbocycles. The molecule has 0 unspecified atom stereocenters. The molecule has 1 fully saturated rings. The maximum Gasteiger partial charge on any atom is 0.240 e. The fourth-order valence-electron chi connectivity index (χ4n) is 1.35. The molecule has 0 spiro atoms. The van der Waals surface area contributed by atoms with E-state index in [-0.39, 0.29) is 17.5 Å². The van der Waals surface area contributed by atoms with Crippen molar-refractivity contribution in [3.63, 3.8) is 0 Å². The van der Waals surface area contributed by atoms with Gasteiger partial charge in [0, 0.05) is 5.69 Å². The van der Waals surface area contributed by atoms with Crippen LogP contribution >= 0.6 is 23.2 Å². The summed E-state index contributed by atoms with van der Waals surface area (Å²) in [4.78, 5) is 12.9. The van der Waals surface area contributed by atoms with Crippen LogP contribution in [0.25, 0.3) is 0 Å². The van der Waals surface area contributed by atoms with Gasteiger partial charge < -0.3 is 0 Å². The summed E-state index contributed by atoms with van der Waals surface area (Å²) in [6, 6.07) is 4.91. The largest absolute Gasteiger partial charge is 0.299 e. The van der Waals surface area contributed by atoms with Crippen LogP contribution in [0.15, 0.2) is 18.2 Å². The number of hydrogen-bond donors (Lipinski definition) is 0. The van der Waals surface area contributed by atoms with E-state index in [1.807, 2.05) is 0 Å². The molecule has 6 heteroatoms. The van der Waals surface area contributed by atoms with E-state index in [9.17, 15) is 9.00 Å². The van der Waals surface area contributed by atoms with Crippen LogP contribution in [-0.4, -0.2) is 21.7 Å². The van der Waals surface area contributed by atoms with Crippen molar-refractivity contribution >= 4 is 45.6 Å². The van der Waals surface area contributed by atoms with Crippen LogP contribution < -0.4 is 4.90 Å². The lowest BCUT2D eigenvalue weighted by Gasteiger charge is -2.14. The van der Waals surface area contributed by atoms with Gasteiger partial charge in [0.15, 0.2) is 0 Å². The van der Waals surface area contributed by atoms with Gasteiger partial charge in [-0.2, -0.15) is 0 Å². The van der Waals surface area contributed by atoms with Crippen molar-refractivity contribution in [3.8, 4) is 0 Å². The molecule has 15 heavy (non-hydrogen) atoms. The smallest absolute Gasteiger partial charge is 0.240 e. The van der Waals surface area contributed by atoms with Crippen molar-refractivity contribution in [1.82, 2.24) is 0 Å². The average Bonchev–Trinajstić information content (AvgIpc) is 2.50. The van der Waals surface area contributed by atoms with Crippen molar-refractivity contribution in [3.05, 3.63) is 28.2 Å². The van der Waals surface area contributed by atoms with E-state index in [4.69, 9.17) is 23.2 Å². The second-order valence-corrected chi connectivity index (χ2v) is 5.37. The molecule has 1 aliphatic rings. The molecule has 0 aliphatic carbocycles. The number of carbonyl (C=O) groups excluding carboxylic acids is 1. The molecular weight excluding hydrogens is 257 g/mol. The SMILES string of the molecule is O=C1C[S@](=O)CN1c1ccc(Cl)c(Cl)c1. The molecule has 0 radical (unpaired) electrons. The van der Waals surface area contributed by atoms with Crippen LogP contribution in [0.1, 0.15) is 0 Å². The summed E-state index contributed by atoms with van der Waals surface area (Å²) in [5, 5.41) is 0.827. The first kappa shape index (κ1) is 10.9. The third-order valence-corrected chi connectivity index (χ3v) is 3.93. The summed E-state index contributed by atoms with van der Waals surface area (Å²) in [7, 11) is -1.10. The number of halogens is 2. The van der Waals surface area contributed by atoms with Crippen molar-refractivity contribution in [2.24, 2.45) is 0 Å². The zero-order chi connectivity index (χ0) is 11.0. The van der Waals surface area contributed by atoms with Gasteiger partial charge in [-0.15, -0.1) is 0 Å². The maximum absolute atomic E-state index is 11.4. The van der Waals surface area contributed by atoms with Gasteiger partial charge in [0.1, 0.15) is 11.6 Å². The Morgan fingerprint density at radius 2 is 2.00 bits per heavy atom. The minimum Gasteiger partial charge on any atom is -0.299 e. The van der Waals surface area contributed by atoms with Gasteiger partial charge in [0.25, 0.3) is 0 Å². The molecule has 80 valence electrons. The lowest BCUT2D eigenvalue weighted by molar-refractivity contribution is -0.115. The van der Waals surface area contributed by atoms with Crippen molar-refractivity contribution in [2.75, 3.05) is 16.5 Å². The number of carbonyl (C=O) groups is 1. The van der Waals surface area contributed by atoms with Gasteiger partial charge in [-0.25, -0.2) is 0 Å². The van der Waals surface area contributed by atoms with Crippen LogP contribution in [0.3, 0.4) is 0 Å². The molecule has 2 rings (SSSR count). The fraction of sp³-hybridized carbons (Fsp3) is 0.222. The number of hydrogen-bond acceptors (Lipinski definition) is 2. The Bertz CT molecular complexity index is 450. The molecule has 0 N–H and O–H groups in total. The molecule has 1 aliphatic heterocycles. The van der Waals surface area contributed by atoms with E-state index in [0.717, 1.165) is 0 Å². The summed E-state index contributed by atoms with van der Waals surface area (Å²) in [5.74, 6) is 0.170. The third-order valence-electron chi connectivity index (χ3n) is 2.07. The lowest BCUT2D eigenvalue weighted by Crippen LogP contribution is -2.24. The Kier molecular flexibility index (Phi) is 3.00. The first-order valence-electron chi connectivity index (χ1n) is 4.18. The molecular formula is C9H7Cl2NO2S. The summed E-state index contributed by atoms with van der Waals surface area (Å²) >= 11 is 11.6. The van der Waals surface area contributed by atoms with E-state index < -0.39 is 10.8 Å². The van der Waals surface area contributed by atoms with E-state index >= 15 is 0 Å². The lowest BCUT2D eigenvalue weighted by atomic mass is 10.3. The summed E-state index contributed by atoms with van der Waals surface area (Å²) in [5.41, 5.74) is 0.639. The molecule has 0 aromatic heterocycles. The second kappa shape index (κ2) is 4.12. The molecule has 3 nitrogen and oxygen atoms in total.